The average Bonchev–Trinajstić information content (AvgIpc) is 2.93. The number of ether oxygens (including phenoxy) is 1. The third kappa shape index (κ3) is 4.46. The van der Waals surface area contributed by atoms with Crippen molar-refractivity contribution >= 4 is 11.9 Å². The molecular formula is C15H17F3N4O2. The van der Waals surface area contributed by atoms with Crippen LogP contribution in [0.25, 0.3) is 0 Å². The molecule has 130 valence electrons. The summed E-state index contributed by atoms with van der Waals surface area (Å²) in [4.78, 5) is 15.0. The van der Waals surface area contributed by atoms with Gasteiger partial charge in [-0.3, -0.25) is 15.2 Å². The highest BCUT2D eigenvalue weighted by Crippen LogP contribution is 2.28. The number of hydrogen-bond acceptors (Lipinski definition) is 4. The number of hydrogen-bond donors (Lipinski definition) is 2. The Balaban J connectivity index is 1.99. The lowest BCUT2D eigenvalue weighted by molar-refractivity contribution is -0.144. The molecule has 0 spiro atoms. The maximum atomic E-state index is 12.4. The number of carbonyl (C=O) groups excluding carboxylic acids is 1. The van der Waals surface area contributed by atoms with E-state index in [9.17, 15) is 18.0 Å². The zero-order valence-electron chi connectivity index (χ0n) is 13.4. The lowest BCUT2D eigenvalue weighted by Crippen LogP contribution is -2.21. The number of aryl methyl sites for hydroxylation is 1. The lowest BCUT2D eigenvalue weighted by atomic mass is 10.0. The first kappa shape index (κ1) is 17.8. The zero-order chi connectivity index (χ0) is 17.9. The van der Waals surface area contributed by atoms with Crippen LogP contribution in [0.2, 0.25) is 0 Å². The van der Waals surface area contributed by atoms with Gasteiger partial charge in [-0.25, -0.2) is 0 Å². The fourth-order valence-electron chi connectivity index (χ4n) is 1.99. The molecule has 1 heterocycles. The summed E-state index contributed by atoms with van der Waals surface area (Å²) in [6, 6.07) is 5.66. The van der Waals surface area contributed by atoms with E-state index in [0.717, 1.165) is 11.1 Å². The van der Waals surface area contributed by atoms with Crippen molar-refractivity contribution in [3.8, 4) is 5.75 Å². The Morgan fingerprint density at radius 1 is 1.38 bits per heavy atom. The first-order valence-electron chi connectivity index (χ1n) is 7.19. The lowest BCUT2D eigenvalue weighted by Gasteiger charge is -2.14. The third-order valence-corrected chi connectivity index (χ3v) is 3.15. The molecule has 0 saturated carbocycles. The molecule has 0 bridgehead atoms. The van der Waals surface area contributed by atoms with Gasteiger partial charge in [-0.05, 0) is 30.0 Å². The normalized spacial score (nSPS) is 11.6. The van der Waals surface area contributed by atoms with E-state index in [0.29, 0.717) is 5.75 Å². The molecule has 0 atom stereocenters. The van der Waals surface area contributed by atoms with Gasteiger partial charge in [0, 0.05) is 0 Å². The van der Waals surface area contributed by atoms with E-state index in [-0.39, 0.29) is 12.5 Å². The average molecular weight is 342 g/mol. The van der Waals surface area contributed by atoms with Gasteiger partial charge in [-0.1, -0.05) is 26.0 Å². The Morgan fingerprint density at radius 3 is 2.67 bits per heavy atom. The van der Waals surface area contributed by atoms with E-state index in [2.05, 4.69) is 15.4 Å². The van der Waals surface area contributed by atoms with Crippen LogP contribution >= 0.6 is 0 Å². The van der Waals surface area contributed by atoms with Crippen LogP contribution in [0.1, 0.15) is 36.7 Å². The summed E-state index contributed by atoms with van der Waals surface area (Å²) >= 11 is 0. The number of amides is 1. The maximum absolute atomic E-state index is 12.4. The quantitative estimate of drug-likeness (QED) is 0.874. The topological polar surface area (TPSA) is 79.9 Å². The highest BCUT2D eigenvalue weighted by Gasteiger charge is 2.35. The van der Waals surface area contributed by atoms with Crippen molar-refractivity contribution in [2.75, 3.05) is 11.9 Å². The molecule has 0 aliphatic heterocycles. The van der Waals surface area contributed by atoms with Gasteiger partial charge < -0.3 is 4.74 Å². The summed E-state index contributed by atoms with van der Waals surface area (Å²) in [6.07, 6.45) is -4.65. The van der Waals surface area contributed by atoms with Crippen LogP contribution in [0.3, 0.4) is 0 Å². The van der Waals surface area contributed by atoms with E-state index in [4.69, 9.17) is 4.74 Å². The molecule has 2 N–H and O–H groups in total. The van der Waals surface area contributed by atoms with Gasteiger partial charge in [0.1, 0.15) is 5.75 Å². The van der Waals surface area contributed by atoms with E-state index >= 15 is 0 Å². The molecule has 2 rings (SSSR count). The molecule has 1 aromatic heterocycles. The Hall–Kier alpha value is -2.58. The van der Waals surface area contributed by atoms with Crippen LogP contribution in [-0.4, -0.2) is 27.7 Å². The smallest absolute Gasteiger partial charge is 0.451 e. The molecule has 1 amide bonds. The first-order chi connectivity index (χ1) is 11.2. The van der Waals surface area contributed by atoms with Gasteiger partial charge in [0.15, 0.2) is 6.61 Å². The van der Waals surface area contributed by atoms with Gasteiger partial charge in [-0.2, -0.15) is 18.2 Å². The summed E-state index contributed by atoms with van der Waals surface area (Å²) in [6.45, 7) is 5.51. The largest absolute Gasteiger partial charge is 0.483 e. The number of anilines is 1. The molecular weight excluding hydrogens is 325 g/mol. The Kier molecular flexibility index (Phi) is 5.10. The SMILES string of the molecule is Cc1ccc(C(C)C)c(OCC(=O)Nc2n[nH]c(C(F)(F)F)n2)c1. The second kappa shape index (κ2) is 6.90. The van der Waals surface area contributed by atoms with Gasteiger partial charge in [0.2, 0.25) is 11.8 Å². The number of nitrogens with zero attached hydrogens (tertiary/aromatic N) is 2. The number of aromatic amines is 1. The van der Waals surface area contributed by atoms with Gasteiger partial charge >= 0.3 is 6.18 Å². The Labute approximate surface area is 136 Å². The number of benzene rings is 1. The highest BCUT2D eigenvalue weighted by atomic mass is 19.4. The van der Waals surface area contributed by atoms with Gasteiger partial charge in [-0.15, -0.1) is 5.10 Å². The summed E-state index contributed by atoms with van der Waals surface area (Å²) in [7, 11) is 0. The molecule has 0 radical (unpaired) electrons. The van der Waals surface area contributed by atoms with E-state index in [1.807, 2.05) is 32.9 Å². The Bertz CT molecular complexity index is 726. The summed E-state index contributed by atoms with van der Waals surface area (Å²) in [5, 5.41) is 7.16. The molecule has 1 aromatic carbocycles. The van der Waals surface area contributed by atoms with Gasteiger partial charge in [0.05, 0.1) is 0 Å². The van der Waals surface area contributed by atoms with E-state index in [1.165, 1.54) is 0 Å². The molecule has 2 aromatic rings. The van der Waals surface area contributed by atoms with Crippen molar-refractivity contribution in [1.29, 1.82) is 0 Å². The van der Waals surface area contributed by atoms with Crippen molar-refractivity contribution in [2.24, 2.45) is 0 Å². The van der Waals surface area contributed by atoms with Crippen LogP contribution < -0.4 is 10.1 Å². The van der Waals surface area contributed by atoms with Crippen molar-refractivity contribution in [3.63, 3.8) is 0 Å². The number of rotatable bonds is 5. The molecule has 0 aliphatic rings. The van der Waals surface area contributed by atoms with Crippen LogP contribution in [-0.2, 0) is 11.0 Å². The van der Waals surface area contributed by atoms with Crippen molar-refractivity contribution in [1.82, 2.24) is 15.2 Å². The predicted molar refractivity (Wildman–Crippen MR) is 80.8 cm³/mol. The molecule has 0 saturated heterocycles. The van der Waals surface area contributed by atoms with Crippen LogP contribution in [0.4, 0.5) is 19.1 Å². The van der Waals surface area contributed by atoms with Crippen molar-refractivity contribution in [2.45, 2.75) is 32.9 Å². The minimum absolute atomic E-state index is 0.200. The monoisotopic (exact) mass is 342 g/mol. The number of H-pyrrole nitrogens is 1. The third-order valence-electron chi connectivity index (χ3n) is 3.15. The summed E-state index contributed by atoms with van der Waals surface area (Å²) in [5.74, 6) is -1.63. The van der Waals surface area contributed by atoms with Crippen LogP contribution in [0.5, 0.6) is 5.75 Å². The zero-order valence-corrected chi connectivity index (χ0v) is 13.4. The molecule has 0 aliphatic carbocycles. The van der Waals surface area contributed by atoms with E-state index < -0.39 is 23.9 Å². The molecule has 0 fully saturated rings. The van der Waals surface area contributed by atoms with Gasteiger partial charge in [0.25, 0.3) is 5.91 Å². The van der Waals surface area contributed by atoms with Crippen molar-refractivity contribution in [3.05, 3.63) is 35.2 Å². The summed E-state index contributed by atoms with van der Waals surface area (Å²) < 4.78 is 42.7. The fraction of sp³-hybridized carbons (Fsp3) is 0.400. The molecule has 6 nitrogen and oxygen atoms in total. The van der Waals surface area contributed by atoms with Crippen molar-refractivity contribution < 1.29 is 22.7 Å². The van der Waals surface area contributed by atoms with Crippen LogP contribution in [0, 0.1) is 6.92 Å². The second-order valence-corrected chi connectivity index (χ2v) is 5.54. The Morgan fingerprint density at radius 2 is 2.08 bits per heavy atom. The van der Waals surface area contributed by atoms with Crippen LogP contribution in [0.15, 0.2) is 18.2 Å². The minimum atomic E-state index is -4.65. The van der Waals surface area contributed by atoms with E-state index in [1.54, 1.807) is 11.2 Å². The maximum Gasteiger partial charge on any atom is 0.451 e. The number of alkyl halides is 3. The summed E-state index contributed by atoms with van der Waals surface area (Å²) in [5.41, 5.74) is 1.91. The number of halogens is 3. The second-order valence-electron chi connectivity index (χ2n) is 5.54. The molecule has 9 heteroatoms. The predicted octanol–water partition coefficient (Wildman–Crippen LogP) is 3.27. The standard InChI is InChI=1S/C15H17F3N4O2/c1-8(2)10-5-4-9(3)6-11(10)24-7-12(23)19-14-20-13(21-22-14)15(16,17)18/h4-6,8H,7H2,1-3H3,(H2,19,20,21,22,23). The number of nitrogens with one attached hydrogen (secondary N) is 2. The first-order valence-corrected chi connectivity index (χ1v) is 7.19. The minimum Gasteiger partial charge on any atom is -0.483 e. The number of aromatic nitrogens is 3. The molecule has 24 heavy (non-hydrogen) atoms. The highest BCUT2D eigenvalue weighted by molar-refractivity contribution is 5.90. The fourth-order valence-corrected chi connectivity index (χ4v) is 1.99. The molecule has 0 unspecified atom stereocenters. The number of carbonyl (C=O) groups is 1.